The maximum absolute atomic E-state index is 12.2. The zero-order chi connectivity index (χ0) is 16.2. The standard InChI is InChI=1S/C16H13N3O2S2/c1-19-15(20)14-13(5-7-22-14)18-16(19)23-8-6-21-12-4-2-3-11(9-12)10-17/h2-5,7,9H,6,8H2,1H3. The van der Waals surface area contributed by atoms with Gasteiger partial charge in [0.15, 0.2) is 5.16 Å². The first-order chi connectivity index (χ1) is 11.2. The molecule has 0 unspecified atom stereocenters. The van der Waals surface area contributed by atoms with Crippen LogP contribution in [0, 0.1) is 11.3 Å². The maximum Gasteiger partial charge on any atom is 0.271 e. The SMILES string of the molecule is Cn1c(SCCOc2cccc(C#N)c2)nc2ccsc2c1=O. The van der Waals surface area contributed by atoms with E-state index in [0.29, 0.717) is 33.5 Å². The van der Waals surface area contributed by atoms with Gasteiger partial charge in [0.25, 0.3) is 5.56 Å². The first kappa shape index (κ1) is 15.6. The van der Waals surface area contributed by atoms with Gasteiger partial charge in [-0.2, -0.15) is 5.26 Å². The summed E-state index contributed by atoms with van der Waals surface area (Å²) in [5.41, 5.74) is 1.29. The lowest BCUT2D eigenvalue weighted by Gasteiger charge is -2.08. The lowest BCUT2D eigenvalue weighted by molar-refractivity contribution is 0.343. The topological polar surface area (TPSA) is 67.9 Å². The average Bonchev–Trinajstić information content (AvgIpc) is 3.04. The molecule has 1 aromatic carbocycles. The first-order valence-corrected chi connectivity index (χ1v) is 8.75. The van der Waals surface area contributed by atoms with Crippen LogP contribution in [0.3, 0.4) is 0 Å². The minimum atomic E-state index is -0.0184. The van der Waals surface area contributed by atoms with Crippen molar-refractivity contribution in [3.63, 3.8) is 0 Å². The Morgan fingerprint density at radius 1 is 1.43 bits per heavy atom. The van der Waals surface area contributed by atoms with E-state index >= 15 is 0 Å². The molecule has 5 nitrogen and oxygen atoms in total. The number of hydrogen-bond acceptors (Lipinski definition) is 6. The van der Waals surface area contributed by atoms with Crippen molar-refractivity contribution in [3.05, 3.63) is 51.6 Å². The number of hydrogen-bond donors (Lipinski definition) is 0. The summed E-state index contributed by atoms with van der Waals surface area (Å²) in [7, 11) is 1.73. The Labute approximate surface area is 141 Å². The van der Waals surface area contributed by atoms with Gasteiger partial charge in [0.2, 0.25) is 0 Å². The van der Waals surface area contributed by atoms with Crippen LogP contribution in [0.5, 0.6) is 5.75 Å². The Morgan fingerprint density at radius 3 is 3.13 bits per heavy atom. The fourth-order valence-electron chi connectivity index (χ4n) is 2.04. The lowest BCUT2D eigenvalue weighted by atomic mass is 10.2. The van der Waals surface area contributed by atoms with Gasteiger partial charge in [-0.05, 0) is 29.6 Å². The van der Waals surface area contributed by atoms with Gasteiger partial charge in [-0.25, -0.2) is 4.98 Å². The van der Waals surface area contributed by atoms with Gasteiger partial charge in [0.05, 0.1) is 23.8 Å². The van der Waals surface area contributed by atoms with Crippen LogP contribution in [0.4, 0.5) is 0 Å². The van der Waals surface area contributed by atoms with Crippen LogP contribution in [0.1, 0.15) is 5.56 Å². The summed E-state index contributed by atoms with van der Waals surface area (Å²) in [5.74, 6) is 1.33. The van der Waals surface area contributed by atoms with Crippen LogP contribution in [0.2, 0.25) is 0 Å². The molecule has 0 bridgehead atoms. The van der Waals surface area contributed by atoms with E-state index < -0.39 is 0 Å². The van der Waals surface area contributed by atoms with E-state index in [4.69, 9.17) is 10.00 Å². The molecule has 2 heterocycles. The Balaban J connectivity index is 1.64. The van der Waals surface area contributed by atoms with Crippen LogP contribution in [0.15, 0.2) is 45.7 Å². The second-order valence-electron chi connectivity index (χ2n) is 4.73. The Hall–Kier alpha value is -2.30. The summed E-state index contributed by atoms with van der Waals surface area (Å²) >= 11 is 2.88. The molecule has 23 heavy (non-hydrogen) atoms. The summed E-state index contributed by atoms with van der Waals surface area (Å²) in [6, 6.07) is 11.0. The van der Waals surface area contributed by atoms with Crippen molar-refractivity contribution in [2.24, 2.45) is 7.05 Å². The van der Waals surface area contributed by atoms with Crippen molar-refractivity contribution >= 4 is 33.3 Å². The molecule has 0 amide bonds. The van der Waals surface area contributed by atoms with Crippen molar-refractivity contribution in [2.45, 2.75) is 5.16 Å². The predicted molar refractivity (Wildman–Crippen MR) is 92.2 cm³/mol. The molecule has 0 atom stereocenters. The van der Waals surface area contributed by atoms with Crippen LogP contribution in [-0.4, -0.2) is 21.9 Å². The summed E-state index contributed by atoms with van der Waals surface area (Å²) in [6.07, 6.45) is 0. The van der Waals surface area contributed by atoms with E-state index in [0.717, 1.165) is 5.52 Å². The van der Waals surface area contributed by atoms with E-state index in [1.165, 1.54) is 23.1 Å². The van der Waals surface area contributed by atoms with Crippen LogP contribution in [0.25, 0.3) is 10.2 Å². The van der Waals surface area contributed by atoms with Crippen molar-refractivity contribution < 1.29 is 4.74 Å². The van der Waals surface area contributed by atoms with Crippen LogP contribution < -0.4 is 10.3 Å². The highest BCUT2D eigenvalue weighted by Gasteiger charge is 2.09. The highest BCUT2D eigenvalue weighted by molar-refractivity contribution is 7.99. The fourth-order valence-corrected chi connectivity index (χ4v) is 3.64. The molecule has 0 fully saturated rings. The number of nitrogens with zero attached hydrogens (tertiary/aromatic N) is 3. The smallest absolute Gasteiger partial charge is 0.271 e. The van der Waals surface area contributed by atoms with Crippen LogP contribution >= 0.6 is 23.1 Å². The molecule has 0 aliphatic rings. The van der Waals surface area contributed by atoms with Crippen LogP contribution in [-0.2, 0) is 7.05 Å². The molecule has 3 rings (SSSR count). The monoisotopic (exact) mass is 343 g/mol. The molecule has 0 saturated heterocycles. The molecule has 3 aromatic rings. The van der Waals surface area contributed by atoms with Gasteiger partial charge in [-0.1, -0.05) is 17.8 Å². The fraction of sp³-hybridized carbons (Fsp3) is 0.188. The van der Waals surface area contributed by atoms with Crippen molar-refractivity contribution in [3.8, 4) is 11.8 Å². The first-order valence-electron chi connectivity index (χ1n) is 6.89. The van der Waals surface area contributed by atoms with E-state index in [2.05, 4.69) is 11.1 Å². The van der Waals surface area contributed by atoms with Crippen molar-refractivity contribution in [1.82, 2.24) is 9.55 Å². The van der Waals surface area contributed by atoms with Gasteiger partial charge in [-0.15, -0.1) is 11.3 Å². The zero-order valence-corrected chi connectivity index (χ0v) is 14.0. The number of ether oxygens (including phenoxy) is 1. The summed E-state index contributed by atoms with van der Waals surface area (Å²) < 4.78 is 7.88. The van der Waals surface area contributed by atoms with Gasteiger partial charge >= 0.3 is 0 Å². The molecule has 0 saturated carbocycles. The van der Waals surface area contributed by atoms with E-state index in [9.17, 15) is 4.79 Å². The van der Waals surface area contributed by atoms with Crippen molar-refractivity contribution in [2.75, 3.05) is 12.4 Å². The Morgan fingerprint density at radius 2 is 2.30 bits per heavy atom. The van der Waals surface area contributed by atoms with E-state index in [1.54, 1.807) is 29.8 Å². The number of thioether (sulfide) groups is 1. The van der Waals surface area contributed by atoms with Gasteiger partial charge < -0.3 is 4.74 Å². The molecule has 0 aliphatic carbocycles. The quantitative estimate of drug-likeness (QED) is 0.405. The molecule has 0 radical (unpaired) electrons. The molecular weight excluding hydrogens is 330 g/mol. The molecule has 116 valence electrons. The number of thiophene rings is 1. The highest BCUT2D eigenvalue weighted by Crippen LogP contribution is 2.20. The minimum absolute atomic E-state index is 0.0184. The molecule has 7 heteroatoms. The Bertz CT molecular complexity index is 940. The third-order valence-corrected chi connectivity index (χ3v) is 5.08. The second-order valence-corrected chi connectivity index (χ2v) is 6.71. The molecule has 0 N–H and O–H groups in total. The molecule has 0 aliphatic heterocycles. The average molecular weight is 343 g/mol. The largest absolute Gasteiger partial charge is 0.493 e. The summed E-state index contributed by atoms with van der Waals surface area (Å²) in [4.78, 5) is 16.7. The molecule has 0 spiro atoms. The second kappa shape index (κ2) is 6.86. The van der Waals surface area contributed by atoms with E-state index in [1.807, 2.05) is 17.5 Å². The van der Waals surface area contributed by atoms with E-state index in [-0.39, 0.29) is 5.56 Å². The number of rotatable bonds is 5. The number of benzene rings is 1. The zero-order valence-electron chi connectivity index (χ0n) is 12.4. The normalized spacial score (nSPS) is 10.6. The predicted octanol–water partition coefficient (Wildman–Crippen LogP) is 3.04. The summed E-state index contributed by atoms with van der Waals surface area (Å²) in [6.45, 7) is 0.469. The van der Waals surface area contributed by atoms with Crippen molar-refractivity contribution in [1.29, 1.82) is 5.26 Å². The number of nitriles is 1. The Kier molecular flexibility index (Phi) is 4.65. The number of fused-ring (bicyclic) bond motifs is 1. The third kappa shape index (κ3) is 3.38. The van der Waals surface area contributed by atoms with Gasteiger partial charge in [0, 0.05) is 12.8 Å². The number of aromatic nitrogens is 2. The summed E-state index contributed by atoms with van der Waals surface area (Å²) in [5, 5.41) is 11.4. The third-order valence-electron chi connectivity index (χ3n) is 3.19. The molecule has 2 aromatic heterocycles. The maximum atomic E-state index is 12.2. The minimum Gasteiger partial charge on any atom is -0.493 e. The lowest BCUT2D eigenvalue weighted by Crippen LogP contribution is -2.19. The van der Waals surface area contributed by atoms with Gasteiger partial charge in [0.1, 0.15) is 10.4 Å². The molecular formula is C16H13N3O2S2. The highest BCUT2D eigenvalue weighted by atomic mass is 32.2. The van der Waals surface area contributed by atoms with Gasteiger partial charge in [-0.3, -0.25) is 9.36 Å².